The van der Waals surface area contributed by atoms with Gasteiger partial charge in [0.2, 0.25) is 5.91 Å². The molecule has 2 unspecified atom stereocenters. The average Bonchev–Trinajstić information content (AvgIpc) is 3.54. The zero-order chi connectivity index (χ0) is 28.9. The number of oxime groups is 1. The second-order valence-electron chi connectivity index (χ2n) is 14.6. The Morgan fingerprint density at radius 3 is 2.59 bits per heavy atom. The molecular formula is C33H50N4O4. The summed E-state index contributed by atoms with van der Waals surface area (Å²) in [7, 11) is 1.66. The molecule has 4 saturated carbocycles. The van der Waals surface area contributed by atoms with Gasteiger partial charge in [0.25, 0.3) is 0 Å². The van der Waals surface area contributed by atoms with Crippen LogP contribution < -0.4 is 10.6 Å². The van der Waals surface area contributed by atoms with E-state index >= 15 is 0 Å². The number of carbonyl (C=O) groups is 3. The number of ketones is 1. The van der Waals surface area contributed by atoms with E-state index in [1.165, 1.54) is 31.3 Å². The molecule has 0 spiro atoms. The highest BCUT2D eigenvalue weighted by Gasteiger charge is 2.59. The second kappa shape index (κ2) is 11.1. The summed E-state index contributed by atoms with van der Waals surface area (Å²) in [4.78, 5) is 45.2. The maximum atomic E-state index is 13.4. The van der Waals surface area contributed by atoms with E-state index < -0.39 is 0 Å². The van der Waals surface area contributed by atoms with Crippen LogP contribution in [0.25, 0.3) is 0 Å². The summed E-state index contributed by atoms with van der Waals surface area (Å²) in [5.74, 6) is 2.71. The topological polar surface area (TPSA) is 100 Å². The number of nitrogens with zero attached hydrogens (tertiary/aromatic N) is 2. The van der Waals surface area contributed by atoms with Crippen LogP contribution >= 0.6 is 0 Å². The molecule has 6 aliphatic rings. The summed E-state index contributed by atoms with van der Waals surface area (Å²) >= 11 is 0. The van der Waals surface area contributed by atoms with Crippen molar-refractivity contribution < 1.29 is 19.2 Å². The number of allylic oxidation sites excluding steroid dienone is 1. The number of hydrogen-bond acceptors (Lipinski definition) is 6. The lowest BCUT2D eigenvalue weighted by Crippen LogP contribution is -2.51. The Bertz CT molecular complexity index is 1130. The first-order valence-electron chi connectivity index (χ1n) is 16.4. The standard InChI is InChI=1S/C33H50N4O4/c1-20(36-41-31(40)37(23-6-5-7-23)19-22-9-13-29(35-22)30(39)34-4)26-11-12-27-25-10-8-21-18-24(38)14-16-32(21,2)28(25)15-17-33(26,27)3/h18,22-23,25-29,35H,5-17,19H2,1-4H3,(H,34,39)/b36-20+/t22?,25-,26+,27-,28-,29?,32-,33+/m0/s1. The third kappa shape index (κ3) is 5.06. The molecule has 8 nitrogen and oxygen atoms in total. The van der Waals surface area contributed by atoms with E-state index in [9.17, 15) is 14.4 Å². The normalized spacial score (nSPS) is 40.5. The molecule has 1 heterocycles. The molecule has 41 heavy (non-hydrogen) atoms. The minimum atomic E-state index is -0.353. The SMILES string of the molecule is CNC(=O)C1CCC(CN(C(=O)O/N=C(\C)[C@H]2CC[C@H]3[C@@H]4CCC5=CC(=O)CC[C@]5(C)[C@H]4CC[C@]23C)C2CCC2)N1. The van der Waals surface area contributed by atoms with Gasteiger partial charge >= 0.3 is 6.09 Å². The van der Waals surface area contributed by atoms with Crippen molar-refractivity contribution in [1.82, 2.24) is 15.5 Å². The summed E-state index contributed by atoms with van der Waals surface area (Å²) in [5, 5.41) is 10.6. The Morgan fingerprint density at radius 1 is 1.05 bits per heavy atom. The third-order valence-electron chi connectivity index (χ3n) is 12.7. The Kier molecular flexibility index (Phi) is 7.84. The number of amides is 2. The smallest absolute Gasteiger partial charge is 0.358 e. The molecular weight excluding hydrogens is 516 g/mol. The first-order chi connectivity index (χ1) is 19.6. The van der Waals surface area contributed by atoms with Gasteiger partial charge in [0.05, 0.1) is 11.8 Å². The minimum absolute atomic E-state index is 0.0102. The molecule has 5 fully saturated rings. The first kappa shape index (κ1) is 28.9. The van der Waals surface area contributed by atoms with E-state index in [1.54, 1.807) is 7.05 Å². The highest BCUT2D eigenvalue weighted by Crippen LogP contribution is 2.66. The zero-order valence-corrected chi connectivity index (χ0v) is 25.5. The van der Waals surface area contributed by atoms with E-state index in [0.29, 0.717) is 42.4 Å². The van der Waals surface area contributed by atoms with Crippen molar-refractivity contribution in [3.8, 4) is 0 Å². The number of rotatable bonds is 6. The first-order valence-corrected chi connectivity index (χ1v) is 16.4. The van der Waals surface area contributed by atoms with Gasteiger partial charge in [-0.2, -0.15) is 0 Å². The highest BCUT2D eigenvalue weighted by molar-refractivity contribution is 5.91. The second-order valence-corrected chi connectivity index (χ2v) is 14.6. The monoisotopic (exact) mass is 566 g/mol. The predicted molar refractivity (Wildman–Crippen MR) is 158 cm³/mol. The summed E-state index contributed by atoms with van der Waals surface area (Å²) in [6, 6.07) is 0.102. The van der Waals surface area contributed by atoms with Crippen molar-refractivity contribution in [2.75, 3.05) is 13.6 Å². The molecule has 1 aliphatic heterocycles. The molecule has 226 valence electrons. The predicted octanol–water partition coefficient (Wildman–Crippen LogP) is 5.37. The Hall–Kier alpha value is -2.22. The fourth-order valence-electron chi connectivity index (χ4n) is 10.1. The molecule has 0 bridgehead atoms. The van der Waals surface area contributed by atoms with Crippen molar-refractivity contribution in [3.63, 3.8) is 0 Å². The molecule has 0 aromatic carbocycles. The van der Waals surface area contributed by atoms with Crippen molar-refractivity contribution in [3.05, 3.63) is 11.6 Å². The van der Waals surface area contributed by atoms with Gasteiger partial charge in [0.1, 0.15) is 0 Å². The fourth-order valence-corrected chi connectivity index (χ4v) is 10.1. The van der Waals surface area contributed by atoms with Crippen LogP contribution in [-0.2, 0) is 14.4 Å². The van der Waals surface area contributed by atoms with Crippen LogP contribution in [0.3, 0.4) is 0 Å². The Morgan fingerprint density at radius 2 is 1.85 bits per heavy atom. The molecule has 6 rings (SSSR count). The van der Waals surface area contributed by atoms with Gasteiger partial charge in [-0.3, -0.25) is 14.4 Å². The van der Waals surface area contributed by atoms with Crippen LogP contribution in [-0.4, -0.2) is 60.1 Å². The van der Waals surface area contributed by atoms with E-state index in [-0.39, 0.29) is 41.0 Å². The van der Waals surface area contributed by atoms with E-state index in [0.717, 1.165) is 57.1 Å². The molecule has 2 N–H and O–H groups in total. The zero-order valence-electron chi connectivity index (χ0n) is 25.5. The van der Waals surface area contributed by atoms with E-state index in [1.807, 2.05) is 11.0 Å². The van der Waals surface area contributed by atoms with Crippen molar-refractivity contribution in [2.24, 2.45) is 39.7 Å². The third-order valence-corrected chi connectivity index (χ3v) is 12.7. The van der Waals surface area contributed by atoms with Gasteiger partial charge in [0.15, 0.2) is 5.78 Å². The number of likely N-dealkylation sites (N-methyl/N-ethyl adjacent to an activating group) is 1. The van der Waals surface area contributed by atoms with Crippen LogP contribution in [0.5, 0.6) is 0 Å². The summed E-state index contributed by atoms with van der Waals surface area (Å²) < 4.78 is 0. The largest absolute Gasteiger partial charge is 0.436 e. The van der Waals surface area contributed by atoms with E-state index in [4.69, 9.17) is 4.84 Å². The minimum Gasteiger partial charge on any atom is -0.358 e. The van der Waals surface area contributed by atoms with Crippen molar-refractivity contribution in [1.29, 1.82) is 0 Å². The molecule has 8 atom stereocenters. The molecule has 0 aromatic rings. The quantitative estimate of drug-likeness (QED) is 0.256. The lowest BCUT2D eigenvalue weighted by Gasteiger charge is -2.58. The van der Waals surface area contributed by atoms with Crippen LogP contribution in [0.4, 0.5) is 4.79 Å². The summed E-state index contributed by atoms with van der Waals surface area (Å²) in [6.45, 7) is 7.53. The van der Waals surface area contributed by atoms with Crippen LogP contribution in [0, 0.1) is 34.5 Å². The lowest BCUT2D eigenvalue weighted by atomic mass is 9.46. The Labute approximate surface area is 245 Å². The van der Waals surface area contributed by atoms with Gasteiger partial charge in [-0.15, -0.1) is 0 Å². The van der Waals surface area contributed by atoms with Gasteiger partial charge in [0, 0.05) is 38.0 Å². The van der Waals surface area contributed by atoms with Gasteiger partial charge < -0.3 is 15.5 Å². The van der Waals surface area contributed by atoms with Crippen LogP contribution in [0.2, 0.25) is 0 Å². The van der Waals surface area contributed by atoms with Crippen LogP contribution in [0.1, 0.15) is 104 Å². The summed E-state index contributed by atoms with van der Waals surface area (Å²) in [5.41, 5.74) is 2.75. The van der Waals surface area contributed by atoms with Gasteiger partial charge in [-0.25, -0.2) is 4.79 Å². The van der Waals surface area contributed by atoms with E-state index in [2.05, 4.69) is 36.6 Å². The number of hydrogen-bond donors (Lipinski definition) is 2. The lowest BCUT2D eigenvalue weighted by molar-refractivity contribution is -0.122. The molecule has 0 radical (unpaired) electrons. The summed E-state index contributed by atoms with van der Waals surface area (Å²) in [6.07, 6.45) is 15.1. The molecule has 5 aliphatic carbocycles. The van der Waals surface area contributed by atoms with Crippen molar-refractivity contribution >= 4 is 23.5 Å². The average molecular weight is 567 g/mol. The van der Waals surface area contributed by atoms with Crippen LogP contribution in [0.15, 0.2) is 16.8 Å². The highest BCUT2D eigenvalue weighted by atomic mass is 16.7. The number of carbonyl (C=O) groups excluding carboxylic acids is 3. The maximum absolute atomic E-state index is 13.4. The maximum Gasteiger partial charge on any atom is 0.436 e. The van der Waals surface area contributed by atoms with Gasteiger partial charge in [-0.05, 0) is 119 Å². The van der Waals surface area contributed by atoms with Crippen molar-refractivity contribution in [2.45, 2.75) is 122 Å². The number of nitrogens with one attached hydrogen (secondary N) is 2. The number of fused-ring (bicyclic) bond motifs is 5. The molecule has 2 amide bonds. The molecule has 1 saturated heterocycles. The molecule has 8 heteroatoms. The Balaban J connectivity index is 1.11. The molecule has 0 aromatic heterocycles. The fraction of sp³-hybridized carbons (Fsp3) is 0.818. The van der Waals surface area contributed by atoms with Gasteiger partial charge in [-0.1, -0.05) is 24.6 Å².